The Labute approximate surface area is 89.4 Å². The summed E-state index contributed by atoms with van der Waals surface area (Å²) in [6.07, 6.45) is -1.85. The van der Waals surface area contributed by atoms with E-state index in [0.29, 0.717) is 0 Å². The third-order valence-electron chi connectivity index (χ3n) is 1.97. The van der Waals surface area contributed by atoms with Crippen molar-refractivity contribution in [3.63, 3.8) is 0 Å². The number of aldehydes is 1. The molecule has 16 heavy (non-hydrogen) atoms. The van der Waals surface area contributed by atoms with E-state index in [1.807, 2.05) is 0 Å². The highest BCUT2D eigenvalue weighted by Gasteiger charge is 2.25. The third-order valence-corrected chi connectivity index (χ3v) is 1.97. The average Bonchev–Trinajstić information content (AvgIpc) is 2.27. The van der Waals surface area contributed by atoms with Crippen molar-refractivity contribution in [3.8, 4) is 6.07 Å². The predicted octanol–water partition coefficient (Wildman–Crippen LogP) is 0.628. The largest absolute Gasteiger partial charge is 0.479 e. The summed E-state index contributed by atoms with van der Waals surface area (Å²) in [4.78, 5) is 21.1. The first-order chi connectivity index (χ1) is 7.52. The normalized spacial score (nSPS) is 11.6. The molecule has 1 atom stereocenters. The minimum Gasteiger partial charge on any atom is -0.479 e. The molecule has 0 radical (unpaired) electrons. The van der Waals surface area contributed by atoms with Gasteiger partial charge in [-0.25, -0.2) is 9.18 Å². The van der Waals surface area contributed by atoms with Crippen LogP contribution in [-0.2, 0) is 4.79 Å². The van der Waals surface area contributed by atoms with Crippen LogP contribution in [0.25, 0.3) is 0 Å². The topological polar surface area (TPSA) is 98.4 Å². The van der Waals surface area contributed by atoms with Gasteiger partial charge in [0.25, 0.3) is 0 Å². The van der Waals surface area contributed by atoms with Gasteiger partial charge in [-0.2, -0.15) is 5.26 Å². The molecule has 0 aliphatic heterocycles. The first kappa shape index (κ1) is 11.8. The number of rotatable bonds is 3. The highest BCUT2D eigenvalue weighted by molar-refractivity contribution is 5.84. The smallest absolute Gasteiger partial charge is 0.337 e. The number of aliphatic carboxylic acids is 1. The van der Waals surface area contributed by atoms with Gasteiger partial charge in [-0.3, -0.25) is 4.79 Å². The number of carbonyl (C=O) groups excluding carboxylic acids is 1. The lowest BCUT2D eigenvalue weighted by atomic mass is 9.97. The molecular weight excluding hydrogens is 217 g/mol. The summed E-state index contributed by atoms with van der Waals surface area (Å²) < 4.78 is 13.1. The van der Waals surface area contributed by atoms with E-state index < -0.39 is 29.0 Å². The van der Waals surface area contributed by atoms with Gasteiger partial charge in [0.1, 0.15) is 18.2 Å². The summed E-state index contributed by atoms with van der Waals surface area (Å²) in [5.41, 5.74) is -1.39. The molecule has 0 aromatic heterocycles. The van der Waals surface area contributed by atoms with Crippen molar-refractivity contribution in [1.29, 1.82) is 5.26 Å². The van der Waals surface area contributed by atoms with Crippen LogP contribution in [0.15, 0.2) is 12.1 Å². The molecule has 5 nitrogen and oxygen atoms in total. The molecule has 1 aromatic rings. The maximum atomic E-state index is 13.1. The fourth-order valence-corrected chi connectivity index (χ4v) is 1.24. The van der Waals surface area contributed by atoms with Crippen molar-refractivity contribution in [2.45, 2.75) is 6.10 Å². The Kier molecular flexibility index (Phi) is 3.33. The van der Waals surface area contributed by atoms with Gasteiger partial charge >= 0.3 is 5.97 Å². The summed E-state index contributed by atoms with van der Waals surface area (Å²) in [6.45, 7) is 0. The summed E-state index contributed by atoms with van der Waals surface area (Å²) in [7, 11) is 0. The van der Waals surface area contributed by atoms with Gasteiger partial charge in [-0.1, -0.05) is 0 Å². The van der Waals surface area contributed by atoms with E-state index in [2.05, 4.69) is 0 Å². The summed E-state index contributed by atoms with van der Waals surface area (Å²) in [5.74, 6) is -2.64. The maximum Gasteiger partial charge on any atom is 0.337 e. The molecule has 0 spiro atoms. The number of carbonyl (C=O) groups is 2. The van der Waals surface area contributed by atoms with E-state index in [9.17, 15) is 19.1 Å². The van der Waals surface area contributed by atoms with E-state index in [1.165, 1.54) is 6.07 Å². The SMILES string of the molecule is N#Cc1c(F)ccc(C=O)c1C(O)C(=O)O. The molecular formula is C10H6FNO4. The van der Waals surface area contributed by atoms with Crippen molar-refractivity contribution in [1.82, 2.24) is 0 Å². The quantitative estimate of drug-likeness (QED) is 0.732. The monoisotopic (exact) mass is 223 g/mol. The molecule has 82 valence electrons. The van der Waals surface area contributed by atoms with Crippen LogP contribution in [0.4, 0.5) is 4.39 Å². The number of aliphatic hydroxyl groups is 1. The number of halogens is 1. The molecule has 1 aromatic carbocycles. The van der Waals surface area contributed by atoms with Crippen molar-refractivity contribution in [2.75, 3.05) is 0 Å². The Morgan fingerprint density at radius 3 is 2.62 bits per heavy atom. The lowest BCUT2D eigenvalue weighted by Gasteiger charge is -2.10. The molecule has 1 rings (SSSR count). The molecule has 0 bridgehead atoms. The number of nitrogens with zero attached hydrogens (tertiary/aromatic N) is 1. The molecule has 0 fully saturated rings. The van der Waals surface area contributed by atoms with E-state index in [-0.39, 0.29) is 11.8 Å². The van der Waals surface area contributed by atoms with Crippen molar-refractivity contribution >= 4 is 12.3 Å². The molecule has 0 amide bonds. The number of aliphatic hydroxyl groups excluding tert-OH is 1. The first-order valence-electron chi connectivity index (χ1n) is 4.11. The minimum atomic E-state index is -2.11. The number of hydrogen-bond donors (Lipinski definition) is 2. The second-order valence-electron chi connectivity index (χ2n) is 2.90. The van der Waals surface area contributed by atoms with Crippen LogP contribution in [-0.4, -0.2) is 22.5 Å². The summed E-state index contributed by atoms with van der Waals surface area (Å²) >= 11 is 0. The zero-order chi connectivity index (χ0) is 12.3. The van der Waals surface area contributed by atoms with Gasteiger partial charge in [-0.15, -0.1) is 0 Å². The van der Waals surface area contributed by atoms with Gasteiger partial charge in [0.05, 0.1) is 5.56 Å². The Hall–Kier alpha value is -2.26. The average molecular weight is 223 g/mol. The van der Waals surface area contributed by atoms with E-state index in [4.69, 9.17) is 10.4 Å². The van der Waals surface area contributed by atoms with Gasteiger partial charge in [0, 0.05) is 11.1 Å². The van der Waals surface area contributed by atoms with E-state index in [0.717, 1.165) is 12.1 Å². The molecule has 0 aliphatic carbocycles. The number of hydrogen-bond acceptors (Lipinski definition) is 4. The second kappa shape index (κ2) is 4.51. The van der Waals surface area contributed by atoms with Gasteiger partial charge < -0.3 is 10.2 Å². The second-order valence-corrected chi connectivity index (χ2v) is 2.90. The lowest BCUT2D eigenvalue weighted by molar-refractivity contribution is -0.147. The van der Waals surface area contributed by atoms with Crippen LogP contribution < -0.4 is 0 Å². The molecule has 1 unspecified atom stereocenters. The van der Waals surface area contributed by atoms with Crippen LogP contribution in [0, 0.1) is 17.1 Å². The van der Waals surface area contributed by atoms with Crippen LogP contribution in [0.2, 0.25) is 0 Å². The van der Waals surface area contributed by atoms with Crippen LogP contribution >= 0.6 is 0 Å². The fourth-order valence-electron chi connectivity index (χ4n) is 1.24. The Morgan fingerprint density at radius 2 is 2.19 bits per heavy atom. The highest BCUT2D eigenvalue weighted by Crippen LogP contribution is 2.23. The van der Waals surface area contributed by atoms with Crippen LogP contribution in [0.3, 0.4) is 0 Å². The molecule has 0 saturated carbocycles. The Morgan fingerprint density at radius 1 is 1.56 bits per heavy atom. The Balaban J connectivity index is 3.55. The zero-order valence-electron chi connectivity index (χ0n) is 7.85. The van der Waals surface area contributed by atoms with E-state index in [1.54, 1.807) is 0 Å². The lowest BCUT2D eigenvalue weighted by Crippen LogP contribution is -2.15. The Bertz CT molecular complexity index is 492. The fraction of sp³-hybridized carbons (Fsp3) is 0.100. The maximum absolute atomic E-state index is 13.1. The summed E-state index contributed by atoms with van der Waals surface area (Å²) in [5, 5.41) is 26.5. The molecule has 0 saturated heterocycles. The highest BCUT2D eigenvalue weighted by atomic mass is 19.1. The molecule has 0 aliphatic rings. The van der Waals surface area contributed by atoms with E-state index >= 15 is 0 Å². The van der Waals surface area contributed by atoms with Gasteiger partial charge in [-0.05, 0) is 12.1 Å². The first-order valence-corrected chi connectivity index (χ1v) is 4.11. The minimum absolute atomic E-state index is 0.229. The van der Waals surface area contributed by atoms with Crippen LogP contribution in [0.1, 0.15) is 27.6 Å². The third kappa shape index (κ3) is 1.89. The van der Waals surface area contributed by atoms with Gasteiger partial charge in [0.2, 0.25) is 0 Å². The van der Waals surface area contributed by atoms with Crippen LogP contribution in [0.5, 0.6) is 0 Å². The van der Waals surface area contributed by atoms with Gasteiger partial charge in [0.15, 0.2) is 6.10 Å². The number of carboxylic acids is 1. The zero-order valence-corrected chi connectivity index (χ0v) is 7.85. The number of benzene rings is 1. The summed E-state index contributed by atoms with van der Waals surface area (Å²) in [6, 6.07) is 3.28. The molecule has 2 N–H and O–H groups in total. The number of carboxylic acid groups (broad SMARTS) is 1. The van der Waals surface area contributed by atoms with Crippen molar-refractivity contribution in [2.24, 2.45) is 0 Å². The number of nitriles is 1. The standard InChI is InChI=1S/C10H6FNO4/c11-7-2-1-5(4-13)8(6(7)3-12)9(14)10(15)16/h1-2,4,9,14H,(H,15,16). The molecule has 6 heteroatoms. The van der Waals surface area contributed by atoms with Crippen molar-refractivity contribution < 1.29 is 24.2 Å². The van der Waals surface area contributed by atoms with Crippen molar-refractivity contribution in [3.05, 3.63) is 34.6 Å². The molecule has 0 heterocycles. The predicted molar refractivity (Wildman–Crippen MR) is 49.1 cm³/mol.